The number of nitrogens with zero attached hydrogens (tertiary/aromatic N) is 1. The Bertz CT molecular complexity index is 676. The molecule has 1 aromatic heterocycles. The van der Waals surface area contributed by atoms with Crippen molar-refractivity contribution in [3.05, 3.63) is 47.7 Å². The third-order valence-corrected chi connectivity index (χ3v) is 2.53. The van der Waals surface area contributed by atoms with E-state index in [1.807, 2.05) is 5.43 Å². The van der Waals surface area contributed by atoms with Crippen molar-refractivity contribution >= 4 is 18.2 Å². The maximum absolute atomic E-state index is 10.8. The monoisotopic (exact) mass is 288 g/mol. The van der Waals surface area contributed by atoms with Gasteiger partial charge in [0.25, 0.3) is 0 Å². The topological polar surface area (TPSA) is 130 Å². The highest BCUT2D eigenvalue weighted by Crippen LogP contribution is 2.21. The highest BCUT2D eigenvalue weighted by Gasteiger charge is 2.06. The van der Waals surface area contributed by atoms with Crippen LogP contribution in [0, 0.1) is 0 Å². The van der Waals surface area contributed by atoms with Gasteiger partial charge >= 0.3 is 12.0 Å². The number of carbonyl (C=O) groups excluding carboxylic acids is 1. The number of carboxylic acids is 1. The average molecular weight is 288 g/mol. The summed E-state index contributed by atoms with van der Waals surface area (Å²) in [6, 6.07) is 8.98. The Labute approximate surface area is 119 Å². The molecule has 2 aromatic rings. The van der Waals surface area contributed by atoms with E-state index in [0.717, 1.165) is 5.56 Å². The number of hydrazine groups is 1. The van der Waals surface area contributed by atoms with Crippen LogP contribution in [0.15, 0.2) is 45.9 Å². The lowest BCUT2D eigenvalue weighted by Crippen LogP contribution is -2.37. The molecule has 2 amide bonds. The number of aromatic carboxylic acids is 1. The molecule has 0 spiro atoms. The van der Waals surface area contributed by atoms with Crippen molar-refractivity contribution in [2.24, 2.45) is 10.9 Å². The Morgan fingerprint density at radius 2 is 1.90 bits per heavy atom. The van der Waals surface area contributed by atoms with E-state index in [-0.39, 0.29) is 5.56 Å². The summed E-state index contributed by atoms with van der Waals surface area (Å²) >= 11 is 0. The standard InChI is InChI=1S/C13H12N4O4/c14-16-13(20)17-15-7-10-5-6-11(21-10)8-1-3-9(4-2-8)12(18)19/h1-7H,14H2,(H,18,19)(H2,16,17,20). The molecule has 8 nitrogen and oxygen atoms in total. The van der Waals surface area contributed by atoms with Crippen molar-refractivity contribution in [3.8, 4) is 11.3 Å². The number of rotatable bonds is 4. The fraction of sp³-hybridized carbons (Fsp3) is 0. The van der Waals surface area contributed by atoms with E-state index in [0.29, 0.717) is 11.5 Å². The minimum Gasteiger partial charge on any atom is -0.478 e. The first kappa shape index (κ1) is 14.3. The molecule has 0 aliphatic rings. The minimum absolute atomic E-state index is 0.198. The second-order valence-electron chi connectivity index (χ2n) is 3.93. The highest BCUT2D eigenvalue weighted by atomic mass is 16.4. The Balaban J connectivity index is 2.09. The first-order valence-electron chi connectivity index (χ1n) is 5.83. The summed E-state index contributed by atoms with van der Waals surface area (Å²) in [5, 5.41) is 12.4. The van der Waals surface area contributed by atoms with E-state index in [2.05, 4.69) is 10.5 Å². The van der Waals surface area contributed by atoms with E-state index in [9.17, 15) is 9.59 Å². The SMILES string of the molecule is NNC(=O)NN=Cc1ccc(-c2ccc(C(=O)O)cc2)o1. The van der Waals surface area contributed by atoms with Gasteiger partial charge in [0.15, 0.2) is 0 Å². The Morgan fingerprint density at radius 1 is 1.19 bits per heavy atom. The van der Waals surface area contributed by atoms with E-state index < -0.39 is 12.0 Å². The third-order valence-electron chi connectivity index (χ3n) is 2.53. The number of amides is 2. The zero-order valence-corrected chi connectivity index (χ0v) is 10.7. The number of nitrogens with one attached hydrogen (secondary N) is 2. The van der Waals surface area contributed by atoms with Crippen molar-refractivity contribution in [2.45, 2.75) is 0 Å². The third kappa shape index (κ3) is 3.67. The Kier molecular flexibility index (Phi) is 4.32. The number of carboxylic acid groups (broad SMARTS) is 1. The second kappa shape index (κ2) is 6.35. The van der Waals surface area contributed by atoms with Crippen LogP contribution in [0.25, 0.3) is 11.3 Å². The number of benzene rings is 1. The molecule has 0 bridgehead atoms. The Hall–Kier alpha value is -3.13. The van der Waals surface area contributed by atoms with Gasteiger partial charge in [0.05, 0.1) is 11.8 Å². The zero-order valence-electron chi connectivity index (χ0n) is 10.7. The normalized spacial score (nSPS) is 10.5. The molecule has 0 aliphatic heterocycles. The molecular weight excluding hydrogens is 276 g/mol. The van der Waals surface area contributed by atoms with Crippen LogP contribution in [-0.2, 0) is 0 Å². The molecule has 21 heavy (non-hydrogen) atoms. The summed E-state index contributed by atoms with van der Waals surface area (Å²) in [6.45, 7) is 0. The van der Waals surface area contributed by atoms with Gasteiger partial charge in [-0.3, -0.25) is 5.43 Å². The van der Waals surface area contributed by atoms with Crippen LogP contribution in [0.3, 0.4) is 0 Å². The number of urea groups is 1. The van der Waals surface area contributed by atoms with Gasteiger partial charge in [-0.25, -0.2) is 20.9 Å². The van der Waals surface area contributed by atoms with Gasteiger partial charge in [0, 0.05) is 5.56 Å². The molecule has 0 saturated heterocycles. The molecule has 0 saturated carbocycles. The number of furan rings is 1. The number of hydrogen-bond acceptors (Lipinski definition) is 5. The summed E-state index contributed by atoms with van der Waals surface area (Å²) in [7, 11) is 0. The summed E-state index contributed by atoms with van der Waals surface area (Å²) in [4.78, 5) is 21.5. The molecule has 1 aromatic carbocycles. The summed E-state index contributed by atoms with van der Waals surface area (Å²) in [5.74, 6) is 4.85. The average Bonchev–Trinajstić information content (AvgIpc) is 2.96. The molecule has 0 fully saturated rings. The molecule has 2 rings (SSSR count). The van der Waals surface area contributed by atoms with Crippen LogP contribution in [-0.4, -0.2) is 23.3 Å². The number of carbonyl (C=O) groups is 2. The molecular formula is C13H12N4O4. The van der Waals surface area contributed by atoms with E-state index >= 15 is 0 Å². The summed E-state index contributed by atoms with van der Waals surface area (Å²) in [6.07, 6.45) is 1.31. The van der Waals surface area contributed by atoms with Gasteiger partial charge in [-0.15, -0.1) is 0 Å². The van der Waals surface area contributed by atoms with Gasteiger partial charge in [-0.1, -0.05) is 12.1 Å². The first-order chi connectivity index (χ1) is 10.1. The predicted octanol–water partition coefficient (Wildman–Crippen LogP) is 1.15. The zero-order chi connectivity index (χ0) is 15.2. The fourth-order valence-electron chi connectivity index (χ4n) is 1.54. The molecule has 1 heterocycles. The fourth-order valence-corrected chi connectivity index (χ4v) is 1.54. The van der Waals surface area contributed by atoms with E-state index in [1.165, 1.54) is 18.3 Å². The Morgan fingerprint density at radius 3 is 2.52 bits per heavy atom. The van der Waals surface area contributed by atoms with Crippen LogP contribution in [0.2, 0.25) is 0 Å². The van der Waals surface area contributed by atoms with Gasteiger partial charge in [-0.05, 0) is 24.3 Å². The maximum Gasteiger partial charge on any atom is 0.349 e. The lowest BCUT2D eigenvalue weighted by molar-refractivity contribution is 0.0697. The van der Waals surface area contributed by atoms with Crippen molar-refractivity contribution in [1.82, 2.24) is 10.9 Å². The maximum atomic E-state index is 10.8. The molecule has 0 radical (unpaired) electrons. The minimum atomic E-state index is -0.988. The first-order valence-corrected chi connectivity index (χ1v) is 5.83. The van der Waals surface area contributed by atoms with Gasteiger partial charge in [0.1, 0.15) is 11.5 Å². The molecule has 0 aliphatic carbocycles. The van der Waals surface area contributed by atoms with Gasteiger partial charge in [-0.2, -0.15) is 5.10 Å². The lowest BCUT2D eigenvalue weighted by atomic mass is 10.1. The van der Waals surface area contributed by atoms with Crippen molar-refractivity contribution in [3.63, 3.8) is 0 Å². The van der Waals surface area contributed by atoms with Crippen LogP contribution >= 0.6 is 0 Å². The quantitative estimate of drug-likeness (QED) is 0.290. The van der Waals surface area contributed by atoms with Gasteiger partial charge < -0.3 is 9.52 Å². The van der Waals surface area contributed by atoms with Crippen LogP contribution in [0.4, 0.5) is 4.79 Å². The van der Waals surface area contributed by atoms with Crippen molar-refractivity contribution in [1.29, 1.82) is 0 Å². The summed E-state index contributed by atoms with van der Waals surface area (Å²) < 4.78 is 5.49. The van der Waals surface area contributed by atoms with E-state index in [1.54, 1.807) is 24.3 Å². The molecule has 0 atom stereocenters. The number of hydrazone groups is 1. The highest BCUT2D eigenvalue weighted by molar-refractivity contribution is 5.88. The van der Waals surface area contributed by atoms with Crippen LogP contribution < -0.4 is 16.7 Å². The predicted molar refractivity (Wildman–Crippen MR) is 74.6 cm³/mol. The van der Waals surface area contributed by atoms with Crippen molar-refractivity contribution < 1.29 is 19.1 Å². The lowest BCUT2D eigenvalue weighted by Gasteiger charge is -1.98. The summed E-state index contributed by atoms with van der Waals surface area (Å²) in [5.41, 5.74) is 4.90. The molecule has 8 heteroatoms. The number of nitrogens with two attached hydrogens (primary N) is 1. The smallest absolute Gasteiger partial charge is 0.349 e. The van der Waals surface area contributed by atoms with E-state index in [4.69, 9.17) is 15.4 Å². The molecule has 108 valence electrons. The van der Waals surface area contributed by atoms with Crippen LogP contribution in [0.1, 0.15) is 16.1 Å². The van der Waals surface area contributed by atoms with Crippen LogP contribution in [0.5, 0.6) is 0 Å². The second-order valence-corrected chi connectivity index (χ2v) is 3.93. The molecule has 0 unspecified atom stereocenters. The number of hydrogen-bond donors (Lipinski definition) is 4. The largest absolute Gasteiger partial charge is 0.478 e. The molecule has 5 N–H and O–H groups in total. The van der Waals surface area contributed by atoms with Crippen molar-refractivity contribution in [2.75, 3.05) is 0 Å². The van der Waals surface area contributed by atoms with Gasteiger partial charge in [0.2, 0.25) is 0 Å².